The molecule has 0 amide bonds. The second-order valence-electron chi connectivity index (χ2n) is 17.4. The first kappa shape index (κ1) is 64.0. The molecule has 0 bridgehead atoms. The van der Waals surface area contributed by atoms with E-state index in [1.54, 1.807) is 0 Å². The highest BCUT2D eigenvalue weighted by Gasteiger charge is 2.18. The quantitative estimate of drug-likeness (QED) is 0.0409. The van der Waals surface area contributed by atoms with E-state index in [4.69, 9.17) is 9.47 Å². The van der Waals surface area contributed by atoms with Gasteiger partial charge in [0.25, 0.3) is 0 Å². The maximum absolute atomic E-state index is 6.38. The van der Waals surface area contributed by atoms with Gasteiger partial charge < -0.3 is 9.47 Å². The largest absolute Gasteiger partial charge is 0.494 e. The molecular formula is C65H100N2O2. The average molecular weight is 942 g/mol. The van der Waals surface area contributed by atoms with Gasteiger partial charge in [-0.05, 0) is 108 Å². The Labute approximate surface area is 425 Å². The van der Waals surface area contributed by atoms with Crippen molar-refractivity contribution < 1.29 is 9.47 Å². The molecule has 5 aromatic carbocycles. The third-order valence-electron chi connectivity index (χ3n) is 12.2. The van der Waals surface area contributed by atoms with Crippen molar-refractivity contribution in [1.29, 1.82) is 0 Å². The number of hydrogen-bond acceptors (Lipinski definition) is 4. The SMILES string of the molecule is C.C.C.C.CC.CCCCCCCCCCOc1cccc(/C(=C(\c2ccc(C)cc2)c2cccc(OCCCCCCCCCC)c2)c2ccc(C)cc2)c1.CCc1ccc(CC)c2c1=NCN=2. The van der Waals surface area contributed by atoms with E-state index >= 15 is 0 Å². The normalized spacial score (nSPS) is 11.1. The van der Waals surface area contributed by atoms with Gasteiger partial charge in [-0.1, -0.05) is 257 Å². The minimum atomic E-state index is 0. The lowest BCUT2D eigenvalue weighted by atomic mass is 9.85. The van der Waals surface area contributed by atoms with Gasteiger partial charge in [0.2, 0.25) is 0 Å². The maximum Gasteiger partial charge on any atom is 0.130 e. The zero-order valence-corrected chi connectivity index (χ0v) is 42.0. The molecule has 1 aliphatic rings. The van der Waals surface area contributed by atoms with E-state index in [1.807, 2.05) is 13.8 Å². The molecule has 69 heavy (non-hydrogen) atoms. The van der Waals surface area contributed by atoms with E-state index in [0.29, 0.717) is 6.67 Å². The van der Waals surface area contributed by atoms with Gasteiger partial charge in [-0.2, -0.15) is 0 Å². The molecule has 382 valence electrons. The first-order valence-electron chi connectivity index (χ1n) is 25.8. The molecule has 0 N–H and O–H groups in total. The van der Waals surface area contributed by atoms with Crippen LogP contribution >= 0.6 is 0 Å². The Morgan fingerprint density at radius 3 is 1.07 bits per heavy atom. The number of ether oxygens (including phenoxy) is 2. The average Bonchev–Trinajstić information content (AvgIpc) is 3.84. The number of benzene rings is 5. The molecule has 4 heteroatoms. The van der Waals surface area contributed by atoms with Crippen LogP contribution in [0.1, 0.15) is 218 Å². The van der Waals surface area contributed by atoms with Crippen LogP contribution in [0.25, 0.3) is 11.1 Å². The van der Waals surface area contributed by atoms with Crippen molar-refractivity contribution in [3.8, 4) is 11.5 Å². The number of nitrogens with zero attached hydrogens (tertiary/aromatic N) is 2. The molecule has 4 nitrogen and oxygen atoms in total. The van der Waals surface area contributed by atoms with Crippen LogP contribution in [0, 0.1) is 13.8 Å². The molecular weight excluding hydrogens is 841 g/mol. The third-order valence-corrected chi connectivity index (χ3v) is 12.2. The van der Waals surface area contributed by atoms with Gasteiger partial charge in [0.05, 0.1) is 23.9 Å². The molecule has 6 rings (SSSR count). The molecule has 0 spiro atoms. The summed E-state index contributed by atoms with van der Waals surface area (Å²) in [6.07, 6.45) is 22.8. The molecule has 0 saturated carbocycles. The van der Waals surface area contributed by atoms with Crippen molar-refractivity contribution in [1.82, 2.24) is 0 Å². The minimum absolute atomic E-state index is 0. The summed E-state index contributed by atoms with van der Waals surface area (Å²) in [4.78, 5) is 8.82. The smallest absolute Gasteiger partial charge is 0.130 e. The van der Waals surface area contributed by atoms with Crippen LogP contribution in [0.2, 0.25) is 0 Å². The predicted octanol–water partition coefficient (Wildman–Crippen LogP) is 18.9. The summed E-state index contributed by atoms with van der Waals surface area (Å²) in [7, 11) is 0. The summed E-state index contributed by atoms with van der Waals surface area (Å²) in [5.41, 5.74) is 12.3. The molecule has 0 unspecified atom stereocenters. The standard InChI is InChI=1S/C48H64O2.C11H14N2.C2H6.4CH4/c1-5-7-9-11-13-15-17-19-35-49-45-25-21-23-43(37-45)47(41-31-27-39(3)28-32-41)48(42-33-29-40(4)30-34-42)44-24-22-26-46(38-44)50-36-20-18-16-14-12-10-8-6-2;1-3-8-5-6-9(4-2)11-10(8)12-7-13-11;1-2;;;;/h21-34,37-38H,5-20,35-36H2,1-4H3;5-6H,3-4,7H2,1-2H3;1-2H3;4*1H4/b48-47+;;;;;;. The van der Waals surface area contributed by atoms with Crippen molar-refractivity contribution in [2.75, 3.05) is 19.9 Å². The lowest BCUT2D eigenvalue weighted by molar-refractivity contribution is 0.304. The summed E-state index contributed by atoms with van der Waals surface area (Å²) in [5, 5.41) is 2.28. The molecule has 0 radical (unpaired) electrons. The molecule has 0 aromatic heterocycles. The lowest BCUT2D eigenvalue weighted by Gasteiger charge is -2.20. The molecule has 0 atom stereocenters. The monoisotopic (exact) mass is 941 g/mol. The van der Waals surface area contributed by atoms with Crippen LogP contribution in [0.4, 0.5) is 0 Å². The van der Waals surface area contributed by atoms with Crippen molar-refractivity contribution in [2.45, 2.75) is 201 Å². The van der Waals surface area contributed by atoms with Crippen molar-refractivity contribution in [3.05, 3.63) is 164 Å². The first-order valence-corrected chi connectivity index (χ1v) is 25.8. The Morgan fingerprint density at radius 1 is 0.406 bits per heavy atom. The zero-order chi connectivity index (χ0) is 46.5. The van der Waals surface area contributed by atoms with Gasteiger partial charge in [-0.15, -0.1) is 0 Å². The van der Waals surface area contributed by atoms with Crippen LogP contribution in [0.5, 0.6) is 11.5 Å². The van der Waals surface area contributed by atoms with Crippen molar-refractivity contribution in [2.24, 2.45) is 9.98 Å². The van der Waals surface area contributed by atoms with Crippen LogP contribution < -0.4 is 20.2 Å². The fourth-order valence-electron chi connectivity index (χ4n) is 8.45. The van der Waals surface area contributed by atoms with Crippen LogP contribution in [0.15, 0.2) is 119 Å². The second-order valence-corrected chi connectivity index (χ2v) is 17.4. The van der Waals surface area contributed by atoms with E-state index in [0.717, 1.165) is 72.2 Å². The second kappa shape index (κ2) is 37.9. The van der Waals surface area contributed by atoms with E-state index in [9.17, 15) is 0 Å². The van der Waals surface area contributed by atoms with E-state index in [2.05, 4.69) is 161 Å². The van der Waals surface area contributed by atoms with E-state index < -0.39 is 0 Å². The predicted molar refractivity (Wildman–Crippen MR) is 307 cm³/mol. The fourth-order valence-corrected chi connectivity index (χ4v) is 8.45. The number of fused-ring (bicyclic) bond motifs is 1. The van der Waals surface area contributed by atoms with Crippen LogP contribution in [0.3, 0.4) is 0 Å². The molecule has 1 aliphatic heterocycles. The molecule has 0 aliphatic carbocycles. The molecule has 1 heterocycles. The van der Waals surface area contributed by atoms with Gasteiger partial charge >= 0.3 is 0 Å². The molecule has 0 saturated heterocycles. The Balaban J connectivity index is 0.00000208. The summed E-state index contributed by atoms with van der Waals surface area (Å²) in [6, 6.07) is 39.7. The van der Waals surface area contributed by atoms with Gasteiger partial charge in [0.15, 0.2) is 0 Å². The van der Waals surface area contributed by atoms with E-state index in [1.165, 1.54) is 134 Å². The topological polar surface area (TPSA) is 43.2 Å². The van der Waals surface area contributed by atoms with Crippen LogP contribution in [-0.4, -0.2) is 19.9 Å². The van der Waals surface area contributed by atoms with Gasteiger partial charge in [-0.3, -0.25) is 9.98 Å². The first-order chi connectivity index (χ1) is 31.9. The molecule has 0 fully saturated rings. The van der Waals surface area contributed by atoms with Crippen molar-refractivity contribution in [3.63, 3.8) is 0 Å². The molecule has 5 aromatic rings. The minimum Gasteiger partial charge on any atom is -0.494 e. The lowest BCUT2D eigenvalue weighted by Crippen LogP contribution is -2.29. The highest BCUT2D eigenvalue weighted by atomic mass is 16.5. The number of rotatable bonds is 26. The summed E-state index contributed by atoms with van der Waals surface area (Å²) in [6.45, 7) is 19.3. The van der Waals surface area contributed by atoms with Crippen molar-refractivity contribution >= 4 is 11.1 Å². The Bertz CT molecular complexity index is 2080. The highest BCUT2D eigenvalue weighted by molar-refractivity contribution is 6.04. The van der Waals surface area contributed by atoms with Gasteiger partial charge in [-0.25, -0.2) is 0 Å². The Morgan fingerprint density at radius 2 is 0.739 bits per heavy atom. The maximum atomic E-state index is 6.38. The van der Waals surface area contributed by atoms with E-state index in [-0.39, 0.29) is 29.7 Å². The number of hydrogen-bond donors (Lipinski definition) is 0. The Kier molecular flexibility index (Phi) is 35.2. The number of aryl methyl sites for hydroxylation is 4. The summed E-state index contributed by atoms with van der Waals surface area (Å²) in [5.74, 6) is 1.86. The Hall–Kier alpha value is -4.96. The number of unbranched alkanes of at least 4 members (excludes halogenated alkanes) is 14. The summed E-state index contributed by atoms with van der Waals surface area (Å²) < 4.78 is 12.8. The third kappa shape index (κ3) is 21.7. The fraction of sp³-hybridized carbons (Fsp3) is 0.508. The zero-order valence-electron chi connectivity index (χ0n) is 42.0. The highest BCUT2D eigenvalue weighted by Crippen LogP contribution is 2.39. The van der Waals surface area contributed by atoms with Gasteiger partial charge in [0, 0.05) is 0 Å². The summed E-state index contributed by atoms with van der Waals surface area (Å²) >= 11 is 0. The van der Waals surface area contributed by atoms with Crippen LogP contribution in [-0.2, 0) is 12.8 Å². The van der Waals surface area contributed by atoms with Gasteiger partial charge in [0.1, 0.15) is 18.2 Å².